The third kappa shape index (κ3) is 1.07. The summed E-state index contributed by atoms with van der Waals surface area (Å²) in [5.74, 6) is 0.319. The van der Waals surface area contributed by atoms with E-state index < -0.39 is 0 Å². The Bertz CT molecular complexity index is 92.5. The topological polar surface area (TPSA) is 20.3 Å². The Hall–Kier alpha value is -0.370. The van der Waals surface area contributed by atoms with E-state index in [9.17, 15) is 4.79 Å². The van der Waals surface area contributed by atoms with E-state index >= 15 is 0 Å². The molecule has 1 fully saturated rings. The van der Waals surface area contributed by atoms with Crippen molar-refractivity contribution in [2.45, 2.75) is 6.42 Å². The highest BCUT2D eigenvalue weighted by molar-refractivity contribution is 5.54. The number of hydrogen-bond acceptors (Lipinski definition) is 2. The van der Waals surface area contributed by atoms with Gasteiger partial charge in [-0.15, -0.1) is 0 Å². The van der Waals surface area contributed by atoms with Crippen molar-refractivity contribution in [2.24, 2.45) is 5.92 Å². The number of rotatable bonds is 1. The first kappa shape index (κ1) is 5.76. The number of carbonyl (C=O) groups is 1. The molecule has 1 heterocycles. The maximum absolute atomic E-state index is 10.1. The van der Waals surface area contributed by atoms with E-state index in [4.69, 9.17) is 0 Å². The zero-order valence-corrected chi connectivity index (χ0v) is 5.13. The third-order valence-corrected chi connectivity index (χ3v) is 1.62. The minimum Gasteiger partial charge on any atom is -0.306 e. The van der Waals surface area contributed by atoms with Crippen LogP contribution in [0.4, 0.5) is 0 Å². The Kier molecular flexibility index (Phi) is 1.63. The van der Waals surface area contributed by atoms with E-state index in [2.05, 4.69) is 4.90 Å². The van der Waals surface area contributed by atoms with E-state index in [0.29, 0.717) is 5.92 Å². The largest absolute Gasteiger partial charge is 0.306 e. The smallest absolute Gasteiger partial charge is 0.124 e. The fraction of sp³-hybridized carbons (Fsp3) is 0.833. The van der Waals surface area contributed by atoms with Crippen LogP contribution < -0.4 is 0 Å². The fourth-order valence-electron chi connectivity index (χ4n) is 1.08. The number of likely N-dealkylation sites (tertiary alicyclic amines) is 1. The summed E-state index contributed by atoms with van der Waals surface area (Å²) in [4.78, 5) is 12.3. The van der Waals surface area contributed by atoms with Crippen LogP contribution in [-0.4, -0.2) is 31.3 Å². The molecule has 1 aliphatic rings. The monoisotopic (exact) mass is 113 g/mol. The molecule has 0 spiro atoms. The zero-order valence-electron chi connectivity index (χ0n) is 5.13. The lowest BCUT2D eigenvalue weighted by Gasteiger charge is -2.02. The summed E-state index contributed by atoms with van der Waals surface area (Å²) in [6.07, 6.45) is 2.11. The van der Waals surface area contributed by atoms with Gasteiger partial charge in [-0.1, -0.05) is 0 Å². The Morgan fingerprint density at radius 1 is 1.75 bits per heavy atom. The minimum absolute atomic E-state index is 0.319. The summed E-state index contributed by atoms with van der Waals surface area (Å²) >= 11 is 0. The minimum atomic E-state index is 0.319. The third-order valence-electron chi connectivity index (χ3n) is 1.62. The summed E-state index contributed by atoms with van der Waals surface area (Å²) in [5, 5.41) is 0. The van der Waals surface area contributed by atoms with E-state index in [1.165, 1.54) is 0 Å². The first-order valence-electron chi connectivity index (χ1n) is 2.97. The van der Waals surface area contributed by atoms with Gasteiger partial charge >= 0.3 is 0 Å². The maximum Gasteiger partial charge on any atom is 0.124 e. The van der Waals surface area contributed by atoms with Crippen molar-refractivity contribution in [3.05, 3.63) is 0 Å². The molecule has 8 heavy (non-hydrogen) atoms. The van der Waals surface area contributed by atoms with E-state index in [0.717, 1.165) is 25.8 Å². The summed E-state index contributed by atoms with van der Waals surface area (Å²) in [6.45, 7) is 2.05. The summed E-state index contributed by atoms with van der Waals surface area (Å²) in [6, 6.07) is 0. The first-order chi connectivity index (χ1) is 3.83. The lowest BCUT2D eigenvalue weighted by Crippen LogP contribution is -2.14. The van der Waals surface area contributed by atoms with Crippen molar-refractivity contribution >= 4 is 6.29 Å². The Morgan fingerprint density at radius 2 is 2.50 bits per heavy atom. The molecule has 1 saturated heterocycles. The molecule has 1 aliphatic heterocycles. The van der Waals surface area contributed by atoms with Gasteiger partial charge in [-0.2, -0.15) is 0 Å². The molecule has 46 valence electrons. The van der Waals surface area contributed by atoms with Gasteiger partial charge in [0.1, 0.15) is 6.29 Å². The lowest BCUT2D eigenvalue weighted by molar-refractivity contribution is -0.110. The van der Waals surface area contributed by atoms with Crippen LogP contribution in [0.3, 0.4) is 0 Å². The van der Waals surface area contributed by atoms with Crippen LogP contribution >= 0.6 is 0 Å². The first-order valence-corrected chi connectivity index (χ1v) is 2.97. The molecular formula is C6H11NO. The normalized spacial score (nSPS) is 30.9. The van der Waals surface area contributed by atoms with Crippen LogP contribution in [0.5, 0.6) is 0 Å². The fourth-order valence-corrected chi connectivity index (χ4v) is 1.08. The van der Waals surface area contributed by atoms with Gasteiger partial charge in [-0.3, -0.25) is 0 Å². The molecule has 2 heteroatoms. The molecule has 0 aromatic carbocycles. The Labute approximate surface area is 49.5 Å². The summed E-state index contributed by atoms with van der Waals surface area (Å²) < 4.78 is 0. The van der Waals surface area contributed by atoms with Gasteiger partial charge in [0.15, 0.2) is 0 Å². The summed E-state index contributed by atoms with van der Waals surface area (Å²) in [5.41, 5.74) is 0. The Balaban J connectivity index is 2.32. The van der Waals surface area contributed by atoms with Crippen molar-refractivity contribution in [1.29, 1.82) is 0 Å². The van der Waals surface area contributed by atoms with Gasteiger partial charge in [-0.25, -0.2) is 0 Å². The number of aldehydes is 1. The average Bonchev–Trinajstić information content (AvgIpc) is 2.14. The van der Waals surface area contributed by atoms with Crippen LogP contribution in [-0.2, 0) is 4.79 Å². The van der Waals surface area contributed by atoms with Gasteiger partial charge in [0, 0.05) is 12.5 Å². The standard InChI is InChI=1S/C6H11NO/c1-7-3-2-6(4-7)5-8/h5-6H,2-4H2,1H3. The van der Waals surface area contributed by atoms with Crippen molar-refractivity contribution in [1.82, 2.24) is 4.90 Å². The van der Waals surface area contributed by atoms with Crippen molar-refractivity contribution in [2.75, 3.05) is 20.1 Å². The van der Waals surface area contributed by atoms with Crippen LogP contribution in [0.2, 0.25) is 0 Å². The van der Waals surface area contributed by atoms with E-state index in [-0.39, 0.29) is 0 Å². The van der Waals surface area contributed by atoms with Crippen molar-refractivity contribution in [3.8, 4) is 0 Å². The number of hydrogen-bond donors (Lipinski definition) is 0. The van der Waals surface area contributed by atoms with Crippen LogP contribution in [0.15, 0.2) is 0 Å². The number of carbonyl (C=O) groups excluding carboxylic acids is 1. The second kappa shape index (κ2) is 2.27. The quantitative estimate of drug-likeness (QED) is 0.451. The molecular weight excluding hydrogens is 102 g/mol. The zero-order chi connectivity index (χ0) is 5.98. The maximum atomic E-state index is 10.1. The molecule has 0 amide bonds. The molecule has 1 rings (SSSR count). The van der Waals surface area contributed by atoms with Gasteiger partial charge < -0.3 is 9.69 Å². The molecule has 0 aromatic heterocycles. The molecule has 0 saturated carbocycles. The van der Waals surface area contributed by atoms with Crippen molar-refractivity contribution < 1.29 is 4.79 Å². The second-order valence-electron chi connectivity index (χ2n) is 2.45. The number of nitrogens with zero attached hydrogens (tertiary/aromatic N) is 1. The molecule has 1 atom stereocenters. The molecule has 2 nitrogen and oxygen atoms in total. The van der Waals surface area contributed by atoms with Gasteiger partial charge in [0.25, 0.3) is 0 Å². The van der Waals surface area contributed by atoms with E-state index in [1.807, 2.05) is 7.05 Å². The SMILES string of the molecule is CN1CCC(C=O)C1. The molecule has 0 bridgehead atoms. The lowest BCUT2D eigenvalue weighted by atomic mass is 10.1. The molecule has 0 radical (unpaired) electrons. The Morgan fingerprint density at radius 3 is 2.75 bits per heavy atom. The highest BCUT2D eigenvalue weighted by Gasteiger charge is 2.17. The van der Waals surface area contributed by atoms with E-state index in [1.54, 1.807) is 0 Å². The molecule has 0 N–H and O–H groups in total. The van der Waals surface area contributed by atoms with Crippen LogP contribution in [0.1, 0.15) is 6.42 Å². The van der Waals surface area contributed by atoms with Gasteiger partial charge in [0.2, 0.25) is 0 Å². The van der Waals surface area contributed by atoms with Crippen LogP contribution in [0.25, 0.3) is 0 Å². The highest BCUT2D eigenvalue weighted by atomic mass is 16.1. The van der Waals surface area contributed by atoms with Gasteiger partial charge in [0.05, 0.1) is 0 Å². The second-order valence-corrected chi connectivity index (χ2v) is 2.45. The van der Waals surface area contributed by atoms with Crippen molar-refractivity contribution in [3.63, 3.8) is 0 Å². The molecule has 1 unspecified atom stereocenters. The molecule has 0 aliphatic carbocycles. The average molecular weight is 113 g/mol. The summed E-state index contributed by atoms with van der Waals surface area (Å²) in [7, 11) is 2.05. The highest BCUT2D eigenvalue weighted by Crippen LogP contribution is 2.10. The predicted octanol–water partition coefficient (Wildman–Crippen LogP) is 0.137. The van der Waals surface area contributed by atoms with Gasteiger partial charge in [-0.05, 0) is 20.0 Å². The predicted molar refractivity (Wildman–Crippen MR) is 31.7 cm³/mol. The molecule has 0 aromatic rings. The van der Waals surface area contributed by atoms with Crippen LogP contribution in [0, 0.1) is 5.92 Å².